The summed E-state index contributed by atoms with van der Waals surface area (Å²) < 4.78 is 0. The van der Waals surface area contributed by atoms with E-state index in [4.69, 9.17) is 11.6 Å². The van der Waals surface area contributed by atoms with Crippen molar-refractivity contribution in [3.8, 4) is 11.1 Å². The van der Waals surface area contributed by atoms with Gasteiger partial charge in [-0.25, -0.2) is 0 Å². The summed E-state index contributed by atoms with van der Waals surface area (Å²) >= 11 is 6.20. The van der Waals surface area contributed by atoms with Gasteiger partial charge in [-0.15, -0.1) is 0 Å². The highest BCUT2D eigenvalue weighted by Gasteiger charge is 2.39. The number of β-amino-alcohol motifs (C(OH)–C–C–N with tert-alkyl or cyclic N) is 1. The van der Waals surface area contributed by atoms with E-state index in [2.05, 4.69) is 4.98 Å². The number of H-pyrrole nitrogens is 1. The van der Waals surface area contributed by atoms with Crippen LogP contribution < -0.4 is 0 Å². The van der Waals surface area contributed by atoms with Gasteiger partial charge >= 0.3 is 0 Å². The van der Waals surface area contributed by atoms with E-state index in [-0.39, 0.29) is 12.5 Å². The number of aliphatic hydroxyl groups is 2. The molecule has 2 unspecified atom stereocenters. The fourth-order valence-corrected chi connectivity index (χ4v) is 3.77. The molecule has 1 aliphatic rings. The maximum atomic E-state index is 13.3. The molecular formula is C21H21ClN2O3. The molecule has 1 amide bonds. The van der Waals surface area contributed by atoms with Crippen LogP contribution in [-0.4, -0.2) is 50.8 Å². The Balaban J connectivity index is 1.81. The number of amides is 1. The average Bonchev–Trinajstić information content (AvgIpc) is 3.02. The second kappa shape index (κ2) is 6.68. The number of benzene rings is 2. The number of piperidine rings is 1. The summed E-state index contributed by atoms with van der Waals surface area (Å²) in [5.74, 6) is -0.198. The average molecular weight is 385 g/mol. The molecule has 2 atom stereocenters. The van der Waals surface area contributed by atoms with Crippen molar-refractivity contribution in [2.24, 2.45) is 0 Å². The minimum atomic E-state index is -1.17. The molecule has 5 nitrogen and oxygen atoms in total. The van der Waals surface area contributed by atoms with E-state index in [0.717, 1.165) is 22.0 Å². The van der Waals surface area contributed by atoms with Gasteiger partial charge in [0.2, 0.25) is 0 Å². The standard InChI is InChI=1S/C21H21ClN2O3/c1-21(27)9-10-24(12-17(21)25)20(26)19-18(13-5-3-2-4-6-13)15-11-14(22)7-8-16(15)23-19/h2-8,11,17,23,25,27H,9-10,12H2,1H3. The molecule has 27 heavy (non-hydrogen) atoms. The Morgan fingerprint density at radius 2 is 2.00 bits per heavy atom. The third kappa shape index (κ3) is 3.23. The first-order valence-electron chi connectivity index (χ1n) is 8.93. The van der Waals surface area contributed by atoms with Gasteiger partial charge in [-0.05, 0) is 37.1 Å². The number of halogens is 1. The quantitative estimate of drug-likeness (QED) is 0.633. The summed E-state index contributed by atoms with van der Waals surface area (Å²) in [6, 6.07) is 15.2. The Morgan fingerprint density at radius 3 is 2.70 bits per heavy atom. The molecule has 1 aliphatic heterocycles. The van der Waals surface area contributed by atoms with Crippen molar-refractivity contribution in [3.05, 3.63) is 59.2 Å². The van der Waals surface area contributed by atoms with Crippen LogP contribution in [0.25, 0.3) is 22.0 Å². The van der Waals surface area contributed by atoms with E-state index in [1.807, 2.05) is 42.5 Å². The molecule has 1 fully saturated rings. The molecule has 0 aliphatic carbocycles. The lowest BCUT2D eigenvalue weighted by Gasteiger charge is -2.39. The van der Waals surface area contributed by atoms with E-state index in [1.165, 1.54) is 0 Å². The summed E-state index contributed by atoms with van der Waals surface area (Å²) in [5, 5.41) is 21.8. The highest BCUT2D eigenvalue weighted by Crippen LogP contribution is 2.35. The van der Waals surface area contributed by atoms with Crippen LogP contribution in [-0.2, 0) is 0 Å². The van der Waals surface area contributed by atoms with Crippen molar-refractivity contribution in [2.45, 2.75) is 25.0 Å². The first-order chi connectivity index (χ1) is 12.9. The highest BCUT2D eigenvalue weighted by atomic mass is 35.5. The minimum Gasteiger partial charge on any atom is -0.388 e. The highest BCUT2D eigenvalue weighted by molar-refractivity contribution is 6.31. The Morgan fingerprint density at radius 1 is 1.26 bits per heavy atom. The van der Waals surface area contributed by atoms with Gasteiger partial charge in [0.05, 0.1) is 11.7 Å². The first kappa shape index (κ1) is 18.0. The molecule has 3 aromatic rings. The molecule has 2 aromatic carbocycles. The Kier molecular flexibility index (Phi) is 4.46. The van der Waals surface area contributed by atoms with Crippen LogP contribution >= 0.6 is 11.6 Å². The molecule has 1 aromatic heterocycles. The Bertz CT molecular complexity index is 997. The van der Waals surface area contributed by atoms with E-state index >= 15 is 0 Å². The van der Waals surface area contributed by atoms with Crippen LogP contribution in [0.15, 0.2) is 48.5 Å². The van der Waals surface area contributed by atoms with Crippen molar-refractivity contribution in [1.82, 2.24) is 9.88 Å². The van der Waals surface area contributed by atoms with Gasteiger partial charge in [0.25, 0.3) is 5.91 Å². The van der Waals surface area contributed by atoms with E-state index in [0.29, 0.717) is 23.7 Å². The SMILES string of the molecule is CC1(O)CCN(C(=O)c2[nH]c3ccc(Cl)cc3c2-c2ccccc2)CC1O. The number of hydrogen-bond donors (Lipinski definition) is 3. The van der Waals surface area contributed by atoms with Crippen LogP contribution in [0.5, 0.6) is 0 Å². The lowest BCUT2D eigenvalue weighted by molar-refractivity contribution is -0.0999. The summed E-state index contributed by atoms with van der Waals surface area (Å²) in [6.07, 6.45) is -0.652. The van der Waals surface area contributed by atoms with E-state index in [9.17, 15) is 15.0 Å². The van der Waals surface area contributed by atoms with Gasteiger partial charge in [0.1, 0.15) is 5.69 Å². The molecule has 0 saturated carbocycles. The molecule has 3 N–H and O–H groups in total. The summed E-state index contributed by atoms with van der Waals surface area (Å²) in [5.41, 5.74) is 1.83. The third-order valence-corrected chi connectivity index (χ3v) is 5.56. The van der Waals surface area contributed by atoms with Crippen LogP contribution in [0.3, 0.4) is 0 Å². The zero-order valence-corrected chi connectivity index (χ0v) is 15.7. The molecule has 0 radical (unpaired) electrons. The zero-order valence-electron chi connectivity index (χ0n) is 14.9. The lowest BCUT2D eigenvalue weighted by Crippen LogP contribution is -2.55. The fourth-order valence-electron chi connectivity index (χ4n) is 3.60. The number of aliphatic hydroxyl groups excluding tert-OH is 1. The largest absolute Gasteiger partial charge is 0.388 e. The van der Waals surface area contributed by atoms with Gasteiger partial charge in [0.15, 0.2) is 0 Å². The van der Waals surface area contributed by atoms with E-state index in [1.54, 1.807) is 17.9 Å². The van der Waals surface area contributed by atoms with Gasteiger partial charge in [-0.1, -0.05) is 41.9 Å². The maximum absolute atomic E-state index is 13.3. The first-order valence-corrected chi connectivity index (χ1v) is 9.31. The monoisotopic (exact) mass is 384 g/mol. The number of aromatic amines is 1. The minimum absolute atomic E-state index is 0.0934. The predicted molar refractivity (Wildman–Crippen MR) is 106 cm³/mol. The molecule has 140 valence electrons. The normalized spacial score (nSPS) is 23.0. The van der Waals surface area contributed by atoms with Crippen LogP contribution in [0.1, 0.15) is 23.8 Å². The number of rotatable bonds is 2. The van der Waals surface area contributed by atoms with E-state index < -0.39 is 11.7 Å². The third-order valence-electron chi connectivity index (χ3n) is 5.32. The molecule has 0 bridgehead atoms. The second-order valence-corrected chi connectivity index (χ2v) is 7.74. The zero-order chi connectivity index (χ0) is 19.2. The predicted octanol–water partition coefficient (Wildman–Crippen LogP) is 3.45. The summed E-state index contributed by atoms with van der Waals surface area (Å²) in [7, 11) is 0. The van der Waals surface area contributed by atoms with Crippen molar-refractivity contribution in [3.63, 3.8) is 0 Å². The number of likely N-dealkylation sites (tertiary alicyclic amines) is 1. The van der Waals surface area contributed by atoms with Crippen molar-refractivity contribution in [2.75, 3.05) is 13.1 Å². The summed E-state index contributed by atoms with van der Waals surface area (Å²) in [4.78, 5) is 18.1. The number of nitrogens with zero attached hydrogens (tertiary/aromatic N) is 1. The summed E-state index contributed by atoms with van der Waals surface area (Å²) in [6.45, 7) is 2.07. The number of aromatic nitrogens is 1. The number of hydrogen-bond acceptors (Lipinski definition) is 3. The molecule has 4 rings (SSSR count). The second-order valence-electron chi connectivity index (χ2n) is 7.31. The molecule has 2 heterocycles. The number of fused-ring (bicyclic) bond motifs is 1. The van der Waals surface area contributed by atoms with Gasteiger partial charge in [-0.3, -0.25) is 4.79 Å². The molecule has 0 spiro atoms. The fraction of sp³-hybridized carbons (Fsp3) is 0.286. The Labute approximate surface area is 162 Å². The van der Waals surface area contributed by atoms with Crippen molar-refractivity contribution >= 4 is 28.4 Å². The topological polar surface area (TPSA) is 76.6 Å². The van der Waals surface area contributed by atoms with Crippen LogP contribution in [0, 0.1) is 0 Å². The lowest BCUT2D eigenvalue weighted by atomic mass is 9.90. The smallest absolute Gasteiger partial charge is 0.271 e. The van der Waals surface area contributed by atoms with Gasteiger partial charge in [0, 0.05) is 34.6 Å². The molecule has 1 saturated heterocycles. The van der Waals surface area contributed by atoms with Crippen molar-refractivity contribution < 1.29 is 15.0 Å². The van der Waals surface area contributed by atoms with Crippen LogP contribution in [0.2, 0.25) is 5.02 Å². The maximum Gasteiger partial charge on any atom is 0.271 e. The molecule has 6 heteroatoms. The number of carbonyl (C=O) groups is 1. The number of carbonyl (C=O) groups excluding carboxylic acids is 1. The van der Waals surface area contributed by atoms with Crippen LogP contribution in [0.4, 0.5) is 0 Å². The van der Waals surface area contributed by atoms with Crippen molar-refractivity contribution in [1.29, 1.82) is 0 Å². The Hall–Kier alpha value is -2.34. The van der Waals surface area contributed by atoms with Gasteiger partial charge in [-0.2, -0.15) is 0 Å². The van der Waals surface area contributed by atoms with Gasteiger partial charge < -0.3 is 20.1 Å². The molecular weight excluding hydrogens is 364 g/mol. The number of nitrogens with one attached hydrogen (secondary N) is 1.